The summed E-state index contributed by atoms with van der Waals surface area (Å²) >= 11 is 0. The molecule has 0 amide bonds. The Hall–Kier alpha value is -0.520. The molecule has 1 fully saturated rings. The first-order valence-electron chi connectivity index (χ1n) is 5.31. The monoisotopic (exact) mass is 162 g/mol. The summed E-state index contributed by atoms with van der Waals surface area (Å²) in [5.41, 5.74) is 3.59. The molecule has 0 nitrogen and oxygen atoms in total. The van der Waals surface area contributed by atoms with Crippen molar-refractivity contribution < 1.29 is 0 Å². The fourth-order valence-electron chi connectivity index (χ4n) is 2.36. The smallest absolute Gasteiger partial charge is 0.0136 e. The quantitative estimate of drug-likeness (QED) is 0.472. The molecule has 0 saturated heterocycles. The molecule has 0 aromatic carbocycles. The molecule has 0 aromatic rings. The van der Waals surface area contributed by atoms with Gasteiger partial charge in [-0.3, -0.25) is 0 Å². The van der Waals surface area contributed by atoms with Gasteiger partial charge in [-0.15, -0.1) is 0 Å². The van der Waals surface area contributed by atoms with E-state index in [1.807, 2.05) is 5.57 Å². The molecular formula is C12H18. The highest BCUT2D eigenvalue weighted by molar-refractivity contribution is 5.21. The first-order chi connectivity index (χ1) is 5.97. The van der Waals surface area contributed by atoms with E-state index in [2.05, 4.69) is 12.2 Å². The molecule has 12 heavy (non-hydrogen) atoms. The van der Waals surface area contributed by atoms with Gasteiger partial charge in [0, 0.05) is 0 Å². The third-order valence-corrected chi connectivity index (χ3v) is 3.10. The maximum Gasteiger partial charge on any atom is -0.0136 e. The van der Waals surface area contributed by atoms with Crippen molar-refractivity contribution in [3.63, 3.8) is 0 Å². The van der Waals surface area contributed by atoms with Crippen LogP contribution in [0.25, 0.3) is 0 Å². The number of rotatable bonds is 0. The standard InChI is InChI=1S/C12H18/c1-3-7-11(8-4-1)12-9-5-2-6-10-12/h1,3H,2,4-10H2. The SMILES string of the molecule is C1=CCC(=C2CCCCC2)CC1. The van der Waals surface area contributed by atoms with Gasteiger partial charge in [-0.05, 0) is 44.9 Å². The van der Waals surface area contributed by atoms with Gasteiger partial charge in [0.2, 0.25) is 0 Å². The van der Waals surface area contributed by atoms with Gasteiger partial charge in [-0.2, -0.15) is 0 Å². The molecule has 1 saturated carbocycles. The van der Waals surface area contributed by atoms with Crippen LogP contribution in [0.1, 0.15) is 51.4 Å². The zero-order valence-electron chi connectivity index (χ0n) is 7.81. The number of allylic oxidation sites excluding steroid dienone is 4. The minimum atomic E-state index is 1.26. The summed E-state index contributed by atoms with van der Waals surface area (Å²) in [7, 11) is 0. The van der Waals surface area contributed by atoms with Crippen LogP contribution in [0.5, 0.6) is 0 Å². The Balaban J connectivity index is 2.06. The Kier molecular flexibility index (Phi) is 2.65. The van der Waals surface area contributed by atoms with Crippen molar-refractivity contribution in [2.75, 3.05) is 0 Å². The van der Waals surface area contributed by atoms with Crippen molar-refractivity contribution in [3.8, 4) is 0 Å². The van der Waals surface area contributed by atoms with E-state index >= 15 is 0 Å². The van der Waals surface area contributed by atoms with Crippen LogP contribution in [0.2, 0.25) is 0 Å². The molecule has 0 aliphatic heterocycles. The van der Waals surface area contributed by atoms with Crippen molar-refractivity contribution in [1.82, 2.24) is 0 Å². The summed E-state index contributed by atoms with van der Waals surface area (Å²) in [4.78, 5) is 0. The largest absolute Gasteiger partial charge is 0.0879 e. The Morgan fingerprint density at radius 3 is 2.25 bits per heavy atom. The first-order valence-corrected chi connectivity index (χ1v) is 5.31. The second-order valence-electron chi connectivity index (χ2n) is 3.98. The lowest BCUT2D eigenvalue weighted by Crippen LogP contribution is -2.00. The van der Waals surface area contributed by atoms with E-state index in [9.17, 15) is 0 Å². The summed E-state index contributed by atoms with van der Waals surface area (Å²) in [6.07, 6.45) is 15.7. The normalized spacial score (nSPS) is 24.7. The fraction of sp³-hybridized carbons (Fsp3) is 0.667. The van der Waals surface area contributed by atoms with E-state index in [-0.39, 0.29) is 0 Å². The van der Waals surface area contributed by atoms with E-state index in [4.69, 9.17) is 0 Å². The summed E-state index contributed by atoms with van der Waals surface area (Å²) < 4.78 is 0. The van der Waals surface area contributed by atoms with E-state index < -0.39 is 0 Å². The predicted octanol–water partition coefficient (Wildman–Crippen LogP) is 3.99. The van der Waals surface area contributed by atoms with Gasteiger partial charge in [0.05, 0.1) is 0 Å². The number of hydrogen-bond acceptors (Lipinski definition) is 0. The number of hydrogen-bond donors (Lipinski definition) is 0. The summed E-state index contributed by atoms with van der Waals surface area (Å²) in [6.45, 7) is 0. The predicted molar refractivity (Wildman–Crippen MR) is 53.1 cm³/mol. The van der Waals surface area contributed by atoms with Crippen LogP contribution in [0, 0.1) is 0 Å². The maximum atomic E-state index is 2.35. The molecule has 0 N–H and O–H groups in total. The minimum absolute atomic E-state index is 1.26. The van der Waals surface area contributed by atoms with Crippen molar-refractivity contribution in [2.24, 2.45) is 0 Å². The zero-order valence-corrected chi connectivity index (χ0v) is 7.81. The Morgan fingerprint density at radius 1 is 0.750 bits per heavy atom. The van der Waals surface area contributed by atoms with E-state index in [1.165, 1.54) is 51.4 Å². The van der Waals surface area contributed by atoms with Gasteiger partial charge in [0.15, 0.2) is 0 Å². The van der Waals surface area contributed by atoms with Gasteiger partial charge in [0.1, 0.15) is 0 Å². The minimum Gasteiger partial charge on any atom is -0.0879 e. The summed E-state index contributed by atoms with van der Waals surface area (Å²) in [6, 6.07) is 0. The Morgan fingerprint density at radius 2 is 1.58 bits per heavy atom. The van der Waals surface area contributed by atoms with Crippen LogP contribution >= 0.6 is 0 Å². The highest BCUT2D eigenvalue weighted by Gasteiger charge is 2.11. The van der Waals surface area contributed by atoms with Crippen LogP contribution in [0.15, 0.2) is 23.3 Å². The van der Waals surface area contributed by atoms with E-state index in [0.29, 0.717) is 0 Å². The lowest BCUT2D eigenvalue weighted by Gasteiger charge is -2.20. The summed E-state index contributed by atoms with van der Waals surface area (Å²) in [5.74, 6) is 0. The van der Waals surface area contributed by atoms with Crippen LogP contribution in [0.4, 0.5) is 0 Å². The molecule has 0 heteroatoms. The van der Waals surface area contributed by atoms with Gasteiger partial charge >= 0.3 is 0 Å². The maximum absolute atomic E-state index is 2.35. The van der Waals surface area contributed by atoms with Crippen LogP contribution in [-0.4, -0.2) is 0 Å². The topological polar surface area (TPSA) is 0 Å². The lowest BCUT2D eigenvalue weighted by atomic mass is 9.86. The zero-order chi connectivity index (χ0) is 8.23. The van der Waals surface area contributed by atoms with Crippen molar-refractivity contribution in [2.45, 2.75) is 51.4 Å². The molecule has 66 valence electrons. The Bertz CT molecular complexity index is 200. The van der Waals surface area contributed by atoms with Crippen LogP contribution in [0.3, 0.4) is 0 Å². The highest BCUT2D eigenvalue weighted by atomic mass is 14.2. The molecule has 0 unspecified atom stereocenters. The molecular weight excluding hydrogens is 144 g/mol. The second kappa shape index (κ2) is 3.93. The van der Waals surface area contributed by atoms with Crippen molar-refractivity contribution in [1.29, 1.82) is 0 Å². The van der Waals surface area contributed by atoms with Crippen molar-refractivity contribution in [3.05, 3.63) is 23.3 Å². The third kappa shape index (κ3) is 1.80. The Labute approximate surface area is 75.4 Å². The first kappa shape index (κ1) is 8.10. The van der Waals surface area contributed by atoms with Crippen LogP contribution < -0.4 is 0 Å². The molecule has 0 aromatic heterocycles. The average molecular weight is 162 g/mol. The molecule has 0 bridgehead atoms. The second-order valence-corrected chi connectivity index (χ2v) is 3.98. The molecule has 0 spiro atoms. The fourth-order valence-corrected chi connectivity index (χ4v) is 2.36. The van der Waals surface area contributed by atoms with Gasteiger partial charge < -0.3 is 0 Å². The molecule has 0 heterocycles. The molecule has 2 aliphatic carbocycles. The summed E-state index contributed by atoms with van der Waals surface area (Å²) in [5, 5.41) is 0. The van der Waals surface area contributed by atoms with Gasteiger partial charge in [0.25, 0.3) is 0 Å². The van der Waals surface area contributed by atoms with E-state index in [0.717, 1.165) is 0 Å². The van der Waals surface area contributed by atoms with Crippen LogP contribution in [-0.2, 0) is 0 Å². The molecule has 2 aliphatic rings. The van der Waals surface area contributed by atoms with E-state index in [1.54, 1.807) is 5.57 Å². The highest BCUT2D eigenvalue weighted by Crippen LogP contribution is 2.30. The molecule has 0 radical (unpaired) electrons. The third-order valence-electron chi connectivity index (χ3n) is 3.10. The van der Waals surface area contributed by atoms with Gasteiger partial charge in [-0.1, -0.05) is 29.7 Å². The molecule has 2 rings (SSSR count). The average Bonchev–Trinajstić information content (AvgIpc) is 2.21. The van der Waals surface area contributed by atoms with Crippen molar-refractivity contribution >= 4 is 0 Å². The lowest BCUT2D eigenvalue weighted by molar-refractivity contribution is 0.586. The van der Waals surface area contributed by atoms with Gasteiger partial charge in [-0.25, -0.2) is 0 Å². The molecule has 0 atom stereocenters.